The molecule has 0 saturated carbocycles. The minimum absolute atomic E-state index is 0.136. The summed E-state index contributed by atoms with van der Waals surface area (Å²) in [6.45, 7) is 0. The molecule has 0 aliphatic heterocycles. The fourth-order valence-corrected chi connectivity index (χ4v) is 2.27. The molecular formula is C16H10N4O4. The van der Waals surface area contributed by atoms with Crippen molar-refractivity contribution >= 4 is 22.3 Å². The number of hydrogen-bond acceptors (Lipinski definition) is 6. The standard InChI is InChI=1S/C16H10N4O4/c17-16(9-4-3-5-10(8-9)20(23)24)19-18-13-14(21)11-6-1-2-7-12(11)15(13)22/h1-8H,(H2,17,19). The highest BCUT2D eigenvalue weighted by atomic mass is 16.6. The predicted molar refractivity (Wildman–Crippen MR) is 88.2 cm³/mol. The van der Waals surface area contributed by atoms with Gasteiger partial charge in [0.2, 0.25) is 10.9 Å². The van der Waals surface area contributed by atoms with Crippen LogP contribution in [-0.2, 0) is 0 Å². The summed E-state index contributed by atoms with van der Waals surface area (Å²) >= 11 is 0. The lowest BCUT2D eigenvalue weighted by Crippen LogP contribution is -2.31. The second kappa shape index (κ2) is 5.84. The maximum atomic E-state index is 12.1. The number of nitrogens with zero attached hydrogens (tertiary/aromatic N) is 3. The minimum atomic E-state index is -0.566. The van der Waals surface area contributed by atoms with Gasteiger partial charge in [-0.3, -0.25) is 19.7 Å². The summed E-state index contributed by atoms with van der Waals surface area (Å²) in [6.07, 6.45) is 0. The fraction of sp³-hybridized carbons (Fsp3) is 0. The van der Waals surface area contributed by atoms with E-state index in [2.05, 4.69) is 10.2 Å². The SMILES string of the molecule is N/C(=N/N=c1c(=O)c2ccccc2c1=O)c1cccc([N+](=O)[O-])c1. The van der Waals surface area contributed by atoms with Gasteiger partial charge >= 0.3 is 0 Å². The molecule has 0 spiro atoms. The first-order chi connectivity index (χ1) is 11.5. The molecule has 8 heteroatoms. The summed E-state index contributed by atoms with van der Waals surface area (Å²) in [7, 11) is 0. The lowest BCUT2D eigenvalue weighted by atomic mass is 10.2. The Labute approximate surface area is 134 Å². The highest BCUT2D eigenvalue weighted by Gasteiger charge is 2.10. The van der Waals surface area contributed by atoms with Crippen LogP contribution in [-0.4, -0.2) is 10.8 Å². The van der Waals surface area contributed by atoms with Crippen LogP contribution in [0, 0.1) is 10.1 Å². The van der Waals surface area contributed by atoms with Crippen LogP contribution < -0.4 is 21.9 Å². The average molecular weight is 322 g/mol. The van der Waals surface area contributed by atoms with Gasteiger partial charge in [-0.1, -0.05) is 36.4 Å². The van der Waals surface area contributed by atoms with E-state index < -0.39 is 15.8 Å². The van der Waals surface area contributed by atoms with Crippen molar-refractivity contribution in [2.24, 2.45) is 15.9 Å². The Hall–Kier alpha value is -3.68. The van der Waals surface area contributed by atoms with Crippen LogP contribution in [0.3, 0.4) is 0 Å². The van der Waals surface area contributed by atoms with E-state index in [0.717, 1.165) is 0 Å². The molecule has 0 aliphatic rings. The molecule has 0 heterocycles. The Morgan fingerprint density at radius 2 is 1.62 bits per heavy atom. The quantitative estimate of drug-likeness (QED) is 0.326. The van der Waals surface area contributed by atoms with Crippen molar-refractivity contribution in [3.05, 3.63) is 90.0 Å². The molecule has 2 N–H and O–H groups in total. The third kappa shape index (κ3) is 2.56. The molecular weight excluding hydrogens is 312 g/mol. The first-order valence-corrected chi connectivity index (χ1v) is 6.83. The number of nitro groups is 1. The van der Waals surface area contributed by atoms with Gasteiger partial charge in [-0.25, -0.2) is 0 Å². The summed E-state index contributed by atoms with van der Waals surface area (Å²) in [5, 5.41) is 18.3. The zero-order chi connectivity index (χ0) is 17.3. The third-order valence-corrected chi connectivity index (χ3v) is 3.46. The van der Waals surface area contributed by atoms with Crippen LogP contribution in [0.25, 0.3) is 10.8 Å². The normalized spacial score (nSPS) is 11.6. The summed E-state index contributed by atoms with van der Waals surface area (Å²) in [6, 6.07) is 11.9. The van der Waals surface area contributed by atoms with Gasteiger partial charge in [-0.2, -0.15) is 0 Å². The second-order valence-corrected chi connectivity index (χ2v) is 4.95. The van der Waals surface area contributed by atoms with Crippen LogP contribution in [0.1, 0.15) is 5.56 Å². The van der Waals surface area contributed by atoms with Gasteiger partial charge in [0, 0.05) is 28.5 Å². The monoisotopic (exact) mass is 322 g/mol. The molecule has 0 amide bonds. The molecule has 0 radical (unpaired) electrons. The van der Waals surface area contributed by atoms with Crippen molar-refractivity contribution < 1.29 is 4.92 Å². The Morgan fingerprint density at radius 3 is 2.21 bits per heavy atom. The zero-order valence-corrected chi connectivity index (χ0v) is 12.2. The van der Waals surface area contributed by atoms with Crippen molar-refractivity contribution in [1.29, 1.82) is 0 Å². The van der Waals surface area contributed by atoms with Crippen molar-refractivity contribution in [2.45, 2.75) is 0 Å². The predicted octanol–water partition coefficient (Wildman–Crippen LogP) is 0.565. The number of benzene rings is 2. The minimum Gasteiger partial charge on any atom is -0.382 e. The molecule has 0 aromatic heterocycles. The van der Waals surface area contributed by atoms with E-state index in [0.29, 0.717) is 0 Å². The molecule has 3 aromatic carbocycles. The molecule has 0 saturated heterocycles. The van der Waals surface area contributed by atoms with Crippen LogP contribution in [0.4, 0.5) is 5.69 Å². The van der Waals surface area contributed by atoms with Gasteiger partial charge in [0.1, 0.15) is 0 Å². The molecule has 118 valence electrons. The number of amidine groups is 1. The summed E-state index contributed by atoms with van der Waals surface area (Å²) in [5.41, 5.74) is 4.81. The van der Waals surface area contributed by atoms with Gasteiger partial charge in [-0.15, -0.1) is 10.2 Å². The molecule has 0 atom stereocenters. The smallest absolute Gasteiger partial charge is 0.270 e. The molecule has 3 aromatic rings. The van der Waals surface area contributed by atoms with E-state index in [1.165, 1.54) is 36.4 Å². The van der Waals surface area contributed by atoms with E-state index in [1.54, 1.807) is 12.1 Å². The molecule has 24 heavy (non-hydrogen) atoms. The lowest BCUT2D eigenvalue weighted by Gasteiger charge is -1.97. The van der Waals surface area contributed by atoms with E-state index >= 15 is 0 Å². The average Bonchev–Trinajstić information content (AvgIpc) is 2.84. The summed E-state index contributed by atoms with van der Waals surface area (Å²) in [5.74, 6) is -0.136. The Morgan fingerprint density at radius 1 is 1.00 bits per heavy atom. The van der Waals surface area contributed by atoms with Gasteiger partial charge in [0.05, 0.1) is 4.92 Å². The maximum absolute atomic E-state index is 12.1. The molecule has 0 bridgehead atoms. The van der Waals surface area contributed by atoms with Crippen molar-refractivity contribution in [3.8, 4) is 0 Å². The number of nitrogens with two attached hydrogens (primary N) is 1. The molecule has 0 fully saturated rings. The number of rotatable bonds is 3. The first-order valence-electron chi connectivity index (χ1n) is 6.83. The molecule has 0 aliphatic carbocycles. The van der Waals surface area contributed by atoms with Crippen molar-refractivity contribution in [3.63, 3.8) is 0 Å². The van der Waals surface area contributed by atoms with Gasteiger partial charge in [0.15, 0.2) is 11.2 Å². The molecule has 8 nitrogen and oxygen atoms in total. The second-order valence-electron chi connectivity index (χ2n) is 4.95. The number of non-ortho nitro benzene ring substituents is 1. The van der Waals surface area contributed by atoms with Crippen LogP contribution >= 0.6 is 0 Å². The van der Waals surface area contributed by atoms with Gasteiger partial charge in [0.25, 0.3) is 5.69 Å². The van der Waals surface area contributed by atoms with Crippen molar-refractivity contribution in [2.75, 3.05) is 0 Å². The van der Waals surface area contributed by atoms with Gasteiger partial charge < -0.3 is 5.73 Å². The number of hydrogen-bond donors (Lipinski definition) is 1. The highest BCUT2D eigenvalue weighted by Crippen LogP contribution is 2.12. The van der Waals surface area contributed by atoms with E-state index in [4.69, 9.17) is 5.73 Å². The van der Waals surface area contributed by atoms with Crippen LogP contribution in [0.2, 0.25) is 0 Å². The number of nitro benzene ring substituents is 1. The largest absolute Gasteiger partial charge is 0.382 e. The zero-order valence-electron chi connectivity index (χ0n) is 12.2. The Bertz CT molecular complexity index is 1090. The maximum Gasteiger partial charge on any atom is 0.270 e. The van der Waals surface area contributed by atoms with Crippen LogP contribution in [0.5, 0.6) is 0 Å². The molecule has 0 unspecified atom stereocenters. The topological polar surface area (TPSA) is 128 Å². The summed E-state index contributed by atoms with van der Waals surface area (Å²) < 4.78 is 0. The Balaban J connectivity index is 2.12. The number of fused-ring (bicyclic) bond motifs is 1. The Kier molecular flexibility index (Phi) is 3.70. The van der Waals surface area contributed by atoms with E-state index in [1.807, 2.05) is 0 Å². The first kappa shape index (κ1) is 15.2. The summed E-state index contributed by atoms with van der Waals surface area (Å²) in [4.78, 5) is 34.5. The van der Waals surface area contributed by atoms with Crippen molar-refractivity contribution in [1.82, 2.24) is 0 Å². The van der Waals surface area contributed by atoms with Crippen LogP contribution in [0.15, 0.2) is 68.3 Å². The lowest BCUT2D eigenvalue weighted by molar-refractivity contribution is -0.384. The van der Waals surface area contributed by atoms with E-state index in [9.17, 15) is 19.7 Å². The highest BCUT2D eigenvalue weighted by molar-refractivity contribution is 5.97. The molecule has 3 rings (SSSR count). The third-order valence-electron chi connectivity index (χ3n) is 3.46. The fourth-order valence-electron chi connectivity index (χ4n) is 2.27. The van der Waals surface area contributed by atoms with Gasteiger partial charge in [-0.05, 0) is 0 Å². The van der Waals surface area contributed by atoms with E-state index in [-0.39, 0.29) is 33.2 Å².